The number of nitrogens with one attached hydrogen (secondary N) is 1. The van der Waals surface area contributed by atoms with Gasteiger partial charge in [-0.1, -0.05) is 44.2 Å². The average Bonchev–Trinajstić information content (AvgIpc) is 2.86. The number of imidazole rings is 1. The summed E-state index contributed by atoms with van der Waals surface area (Å²) >= 11 is 0. The van der Waals surface area contributed by atoms with Crippen LogP contribution in [-0.4, -0.2) is 9.97 Å². The molecule has 0 atom stereocenters. The number of benzene rings is 2. The monoisotopic (exact) mass is 236 g/mol. The van der Waals surface area contributed by atoms with Crippen molar-refractivity contribution in [1.82, 2.24) is 9.97 Å². The van der Waals surface area contributed by atoms with E-state index in [4.69, 9.17) is 0 Å². The van der Waals surface area contributed by atoms with Crippen molar-refractivity contribution in [2.24, 2.45) is 0 Å². The molecule has 0 amide bonds. The fraction of sp³-hybridized carbons (Fsp3) is 0.188. The Morgan fingerprint density at radius 1 is 0.944 bits per heavy atom. The van der Waals surface area contributed by atoms with E-state index in [0.717, 1.165) is 11.0 Å². The van der Waals surface area contributed by atoms with Crippen LogP contribution in [0.2, 0.25) is 0 Å². The minimum atomic E-state index is 0.578. The van der Waals surface area contributed by atoms with Gasteiger partial charge in [-0.2, -0.15) is 0 Å². The molecule has 1 N–H and O–H groups in total. The molecule has 0 fully saturated rings. The van der Waals surface area contributed by atoms with Gasteiger partial charge in [0.05, 0.1) is 17.4 Å². The predicted octanol–water partition coefficient (Wildman–Crippen LogP) is 4.35. The van der Waals surface area contributed by atoms with Crippen LogP contribution in [0.1, 0.15) is 25.3 Å². The van der Waals surface area contributed by atoms with E-state index < -0.39 is 0 Å². The molecule has 0 radical (unpaired) electrons. The number of H-pyrrole nitrogens is 1. The number of hydrogen-bond donors (Lipinski definition) is 1. The summed E-state index contributed by atoms with van der Waals surface area (Å²) in [6.07, 6.45) is 1.73. The highest BCUT2D eigenvalue weighted by atomic mass is 14.9. The molecule has 2 aromatic carbocycles. The van der Waals surface area contributed by atoms with Gasteiger partial charge in [0.25, 0.3) is 0 Å². The van der Waals surface area contributed by atoms with E-state index >= 15 is 0 Å². The third-order valence-electron chi connectivity index (χ3n) is 3.33. The highest BCUT2D eigenvalue weighted by Crippen LogP contribution is 2.24. The molecule has 0 unspecified atom stereocenters. The lowest BCUT2D eigenvalue weighted by Gasteiger charge is -2.07. The van der Waals surface area contributed by atoms with Crippen LogP contribution in [0.15, 0.2) is 48.8 Å². The van der Waals surface area contributed by atoms with Crippen LogP contribution in [0.3, 0.4) is 0 Å². The molecule has 0 saturated heterocycles. The second-order valence-corrected chi connectivity index (χ2v) is 4.91. The first-order valence-electron chi connectivity index (χ1n) is 6.27. The quantitative estimate of drug-likeness (QED) is 0.704. The Morgan fingerprint density at radius 2 is 1.67 bits per heavy atom. The van der Waals surface area contributed by atoms with Gasteiger partial charge >= 0.3 is 0 Å². The topological polar surface area (TPSA) is 28.7 Å². The van der Waals surface area contributed by atoms with Crippen molar-refractivity contribution < 1.29 is 0 Å². The molecule has 0 aliphatic heterocycles. The smallest absolute Gasteiger partial charge is 0.0931 e. The number of aromatic amines is 1. The van der Waals surface area contributed by atoms with Gasteiger partial charge in [0, 0.05) is 0 Å². The zero-order valence-electron chi connectivity index (χ0n) is 10.6. The minimum absolute atomic E-state index is 0.578. The first kappa shape index (κ1) is 11.0. The minimum Gasteiger partial charge on any atom is -0.345 e. The van der Waals surface area contributed by atoms with Crippen LogP contribution in [0, 0.1) is 0 Å². The van der Waals surface area contributed by atoms with E-state index in [1.54, 1.807) is 6.33 Å². The highest BCUT2D eigenvalue weighted by molar-refractivity contribution is 5.81. The van der Waals surface area contributed by atoms with Gasteiger partial charge in [-0.05, 0) is 34.7 Å². The van der Waals surface area contributed by atoms with Crippen LogP contribution in [-0.2, 0) is 0 Å². The molecule has 1 aromatic heterocycles. The van der Waals surface area contributed by atoms with Gasteiger partial charge in [-0.3, -0.25) is 0 Å². The summed E-state index contributed by atoms with van der Waals surface area (Å²) in [5, 5.41) is 0. The molecule has 2 heteroatoms. The van der Waals surface area contributed by atoms with Gasteiger partial charge < -0.3 is 4.98 Å². The van der Waals surface area contributed by atoms with Crippen molar-refractivity contribution in [3.05, 3.63) is 54.4 Å². The van der Waals surface area contributed by atoms with Gasteiger partial charge in [0.1, 0.15) is 0 Å². The normalized spacial score (nSPS) is 11.3. The highest BCUT2D eigenvalue weighted by Gasteiger charge is 2.03. The summed E-state index contributed by atoms with van der Waals surface area (Å²) in [7, 11) is 0. The number of aromatic nitrogens is 2. The Labute approximate surface area is 107 Å². The Kier molecular flexibility index (Phi) is 2.63. The zero-order valence-corrected chi connectivity index (χ0v) is 10.6. The molecule has 0 bridgehead atoms. The van der Waals surface area contributed by atoms with E-state index in [2.05, 4.69) is 66.3 Å². The van der Waals surface area contributed by atoms with E-state index in [1.165, 1.54) is 16.7 Å². The van der Waals surface area contributed by atoms with Crippen LogP contribution in [0.4, 0.5) is 0 Å². The van der Waals surface area contributed by atoms with E-state index in [1.807, 2.05) is 0 Å². The SMILES string of the molecule is CC(C)c1ccc(-c2ccc3nc[nH]c3c2)cc1. The lowest BCUT2D eigenvalue weighted by atomic mass is 9.99. The summed E-state index contributed by atoms with van der Waals surface area (Å²) < 4.78 is 0. The van der Waals surface area contributed by atoms with Crippen molar-refractivity contribution in [3.8, 4) is 11.1 Å². The molecule has 3 rings (SSSR count). The Morgan fingerprint density at radius 3 is 2.39 bits per heavy atom. The van der Waals surface area contributed by atoms with Crippen molar-refractivity contribution in [2.75, 3.05) is 0 Å². The molecule has 0 aliphatic carbocycles. The third kappa shape index (κ3) is 1.90. The van der Waals surface area contributed by atoms with Crippen molar-refractivity contribution >= 4 is 11.0 Å². The molecule has 0 saturated carbocycles. The number of hydrogen-bond acceptors (Lipinski definition) is 1. The molecule has 3 aromatic rings. The standard InChI is InChI=1S/C16H16N2/c1-11(2)12-3-5-13(6-4-12)14-7-8-15-16(9-14)18-10-17-15/h3-11H,1-2H3,(H,17,18). The molecule has 18 heavy (non-hydrogen) atoms. The first-order valence-corrected chi connectivity index (χ1v) is 6.27. The lowest BCUT2D eigenvalue weighted by molar-refractivity contribution is 0.867. The van der Waals surface area contributed by atoms with E-state index in [0.29, 0.717) is 5.92 Å². The molecule has 0 aliphatic rings. The van der Waals surface area contributed by atoms with Gasteiger partial charge in [-0.15, -0.1) is 0 Å². The molecule has 90 valence electrons. The lowest BCUT2D eigenvalue weighted by Crippen LogP contribution is -1.86. The van der Waals surface area contributed by atoms with Gasteiger partial charge in [-0.25, -0.2) is 4.98 Å². The molecule has 2 nitrogen and oxygen atoms in total. The van der Waals surface area contributed by atoms with E-state index in [-0.39, 0.29) is 0 Å². The first-order chi connectivity index (χ1) is 8.74. The van der Waals surface area contributed by atoms with Crippen LogP contribution in [0.25, 0.3) is 22.2 Å². The second-order valence-electron chi connectivity index (χ2n) is 4.91. The Balaban J connectivity index is 2.02. The second kappa shape index (κ2) is 4.30. The number of fused-ring (bicyclic) bond motifs is 1. The maximum atomic E-state index is 4.24. The van der Waals surface area contributed by atoms with Crippen molar-refractivity contribution in [3.63, 3.8) is 0 Å². The van der Waals surface area contributed by atoms with Crippen molar-refractivity contribution in [1.29, 1.82) is 0 Å². The predicted molar refractivity (Wildman–Crippen MR) is 75.6 cm³/mol. The van der Waals surface area contributed by atoms with E-state index in [9.17, 15) is 0 Å². The largest absolute Gasteiger partial charge is 0.345 e. The zero-order chi connectivity index (χ0) is 12.5. The van der Waals surface area contributed by atoms with Gasteiger partial charge in [0.2, 0.25) is 0 Å². The van der Waals surface area contributed by atoms with Crippen molar-refractivity contribution in [2.45, 2.75) is 19.8 Å². The maximum absolute atomic E-state index is 4.24. The van der Waals surface area contributed by atoms with Crippen LogP contribution >= 0.6 is 0 Å². The molecule has 1 heterocycles. The molecular weight excluding hydrogens is 220 g/mol. The Hall–Kier alpha value is -2.09. The molecule has 0 spiro atoms. The summed E-state index contributed by atoms with van der Waals surface area (Å²) in [4.78, 5) is 7.38. The number of nitrogens with zero attached hydrogens (tertiary/aromatic N) is 1. The number of rotatable bonds is 2. The summed E-state index contributed by atoms with van der Waals surface area (Å²) in [6, 6.07) is 15.1. The Bertz CT molecular complexity index is 663. The van der Waals surface area contributed by atoms with Gasteiger partial charge in [0.15, 0.2) is 0 Å². The fourth-order valence-corrected chi connectivity index (χ4v) is 2.18. The fourth-order valence-electron chi connectivity index (χ4n) is 2.18. The third-order valence-corrected chi connectivity index (χ3v) is 3.33. The summed E-state index contributed by atoms with van der Waals surface area (Å²) in [5.41, 5.74) is 5.94. The van der Waals surface area contributed by atoms with Crippen LogP contribution < -0.4 is 0 Å². The average molecular weight is 236 g/mol. The summed E-state index contributed by atoms with van der Waals surface area (Å²) in [5.74, 6) is 0.578. The maximum Gasteiger partial charge on any atom is 0.0931 e. The summed E-state index contributed by atoms with van der Waals surface area (Å²) in [6.45, 7) is 4.43. The molecular formula is C16H16N2. The van der Waals surface area contributed by atoms with Crippen LogP contribution in [0.5, 0.6) is 0 Å².